The summed E-state index contributed by atoms with van der Waals surface area (Å²) in [6, 6.07) is 14.3. The molecule has 1 atom stereocenters. The van der Waals surface area contributed by atoms with Crippen LogP contribution >= 0.6 is 0 Å². The smallest absolute Gasteiger partial charge is 0.269 e. The molecule has 0 aliphatic carbocycles. The molecule has 1 heterocycles. The Morgan fingerprint density at radius 2 is 1.62 bits per heavy atom. The number of hydrogen-bond donors (Lipinski definition) is 0. The average molecular weight is 509 g/mol. The van der Waals surface area contributed by atoms with Gasteiger partial charge in [0.05, 0.1) is 45.0 Å². The standard InChI is InChI=1S/C27H28N2O8/c1-33-23-7-5-6-20(26(23)36-4)27(30)28-13-12-17-14-24(34-2)25(35-3)15-21(17)22(28)16-37-19-10-8-18(9-11-19)29(31)32/h5-11,14-15,22H,12-13,16H2,1-4H3. The highest BCUT2D eigenvalue weighted by molar-refractivity contribution is 5.98. The van der Waals surface area contributed by atoms with Gasteiger partial charge in [-0.2, -0.15) is 0 Å². The van der Waals surface area contributed by atoms with Crippen molar-refractivity contribution in [3.8, 4) is 28.7 Å². The summed E-state index contributed by atoms with van der Waals surface area (Å²) in [7, 11) is 6.14. The predicted molar refractivity (Wildman–Crippen MR) is 135 cm³/mol. The number of amides is 1. The molecule has 10 nitrogen and oxygen atoms in total. The number of rotatable bonds is 9. The van der Waals surface area contributed by atoms with Crippen molar-refractivity contribution in [3.05, 3.63) is 81.4 Å². The molecule has 3 aromatic rings. The molecule has 1 aliphatic heterocycles. The van der Waals surface area contributed by atoms with Gasteiger partial charge in [0, 0.05) is 18.7 Å². The maximum absolute atomic E-state index is 13.9. The lowest BCUT2D eigenvalue weighted by Gasteiger charge is -2.38. The number of nitrogens with zero attached hydrogens (tertiary/aromatic N) is 2. The summed E-state index contributed by atoms with van der Waals surface area (Å²) < 4.78 is 27.9. The van der Waals surface area contributed by atoms with E-state index in [2.05, 4.69) is 0 Å². The first kappa shape index (κ1) is 25.6. The van der Waals surface area contributed by atoms with Crippen LogP contribution in [0.25, 0.3) is 0 Å². The molecule has 10 heteroatoms. The molecular weight excluding hydrogens is 480 g/mol. The molecule has 4 rings (SSSR count). The fourth-order valence-corrected chi connectivity index (χ4v) is 4.50. The molecule has 0 bridgehead atoms. The van der Waals surface area contributed by atoms with Crippen LogP contribution in [-0.2, 0) is 6.42 Å². The SMILES string of the molecule is COc1cc2c(cc1OC)C(COc1ccc([N+](=O)[O-])cc1)N(C(=O)c1cccc(OC)c1OC)CC2. The third-order valence-electron chi connectivity index (χ3n) is 6.35. The number of fused-ring (bicyclic) bond motifs is 1. The number of non-ortho nitro benzene ring substituents is 1. The van der Waals surface area contributed by atoms with E-state index in [1.165, 1.54) is 38.5 Å². The van der Waals surface area contributed by atoms with Gasteiger partial charge in [-0.25, -0.2) is 0 Å². The van der Waals surface area contributed by atoms with Crippen LogP contribution < -0.4 is 23.7 Å². The Morgan fingerprint density at radius 3 is 2.24 bits per heavy atom. The van der Waals surface area contributed by atoms with Crippen LogP contribution in [0.2, 0.25) is 0 Å². The van der Waals surface area contributed by atoms with E-state index in [1.807, 2.05) is 12.1 Å². The first-order valence-corrected chi connectivity index (χ1v) is 11.6. The zero-order chi connectivity index (χ0) is 26.5. The maximum atomic E-state index is 13.9. The first-order valence-electron chi connectivity index (χ1n) is 11.6. The quantitative estimate of drug-likeness (QED) is 0.308. The second-order valence-corrected chi connectivity index (χ2v) is 8.27. The van der Waals surface area contributed by atoms with Crippen LogP contribution in [0.3, 0.4) is 0 Å². The molecule has 1 unspecified atom stereocenters. The number of carbonyl (C=O) groups is 1. The number of carbonyl (C=O) groups excluding carboxylic acids is 1. The molecule has 0 radical (unpaired) electrons. The van der Waals surface area contributed by atoms with Gasteiger partial charge in [-0.3, -0.25) is 14.9 Å². The molecule has 0 aromatic heterocycles. The number of benzene rings is 3. The Bertz CT molecular complexity index is 1290. The van der Waals surface area contributed by atoms with E-state index in [-0.39, 0.29) is 18.2 Å². The van der Waals surface area contributed by atoms with Crippen LogP contribution in [0.4, 0.5) is 5.69 Å². The van der Waals surface area contributed by atoms with Gasteiger partial charge in [-0.1, -0.05) is 6.07 Å². The van der Waals surface area contributed by atoms with Crippen molar-refractivity contribution in [1.82, 2.24) is 4.90 Å². The van der Waals surface area contributed by atoms with Crippen molar-refractivity contribution in [2.45, 2.75) is 12.5 Å². The summed E-state index contributed by atoms with van der Waals surface area (Å²) in [5.74, 6) is 2.15. The third kappa shape index (κ3) is 5.09. The topological polar surface area (TPSA) is 110 Å². The lowest BCUT2D eigenvalue weighted by atomic mass is 9.91. The number of nitro benzene ring substituents is 1. The second kappa shape index (κ2) is 11.1. The van der Waals surface area contributed by atoms with Gasteiger partial charge >= 0.3 is 0 Å². The second-order valence-electron chi connectivity index (χ2n) is 8.27. The van der Waals surface area contributed by atoms with E-state index in [4.69, 9.17) is 23.7 Å². The Labute approximate surface area is 214 Å². The summed E-state index contributed by atoms with van der Waals surface area (Å²) in [5, 5.41) is 11.0. The van der Waals surface area contributed by atoms with E-state index in [9.17, 15) is 14.9 Å². The molecule has 0 N–H and O–H groups in total. The molecular formula is C27H28N2O8. The maximum Gasteiger partial charge on any atom is 0.269 e. The van der Waals surface area contributed by atoms with Crippen LogP contribution in [-0.4, -0.2) is 57.3 Å². The predicted octanol–water partition coefficient (Wildman–Crippen LogP) is 4.45. The Hall–Kier alpha value is -4.47. The molecule has 3 aromatic carbocycles. The van der Waals surface area contributed by atoms with Crippen LogP contribution in [0.15, 0.2) is 54.6 Å². The normalized spacial score (nSPS) is 14.4. The van der Waals surface area contributed by atoms with Crippen molar-refractivity contribution in [1.29, 1.82) is 0 Å². The van der Waals surface area contributed by atoms with Gasteiger partial charge in [0.1, 0.15) is 12.4 Å². The van der Waals surface area contributed by atoms with Gasteiger partial charge in [0.25, 0.3) is 11.6 Å². The number of methoxy groups -OCH3 is 4. The molecule has 37 heavy (non-hydrogen) atoms. The molecule has 0 saturated heterocycles. The van der Waals surface area contributed by atoms with Crippen molar-refractivity contribution >= 4 is 11.6 Å². The molecule has 0 spiro atoms. The summed E-state index contributed by atoms with van der Waals surface area (Å²) in [6.45, 7) is 0.536. The van der Waals surface area contributed by atoms with Gasteiger partial charge in [0.2, 0.25) is 0 Å². The van der Waals surface area contributed by atoms with Crippen molar-refractivity contribution in [3.63, 3.8) is 0 Å². The average Bonchev–Trinajstić information content (AvgIpc) is 2.94. The largest absolute Gasteiger partial charge is 0.493 e. The number of nitro groups is 1. The van der Waals surface area contributed by atoms with Gasteiger partial charge < -0.3 is 28.6 Å². The summed E-state index contributed by atoms with van der Waals surface area (Å²) in [6.07, 6.45) is 0.599. The monoisotopic (exact) mass is 508 g/mol. The van der Waals surface area contributed by atoms with Crippen LogP contribution in [0.5, 0.6) is 28.7 Å². The minimum Gasteiger partial charge on any atom is -0.493 e. The molecule has 194 valence electrons. The molecule has 1 amide bonds. The molecule has 0 fully saturated rings. The fraction of sp³-hybridized carbons (Fsp3) is 0.296. The number of ether oxygens (including phenoxy) is 5. The van der Waals surface area contributed by atoms with E-state index in [0.29, 0.717) is 47.3 Å². The third-order valence-corrected chi connectivity index (χ3v) is 6.35. The van der Waals surface area contributed by atoms with E-state index in [1.54, 1.807) is 37.3 Å². The zero-order valence-corrected chi connectivity index (χ0v) is 21.1. The Morgan fingerprint density at radius 1 is 0.946 bits per heavy atom. The van der Waals surface area contributed by atoms with E-state index in [0.717, 1.165) is 11.1 Å². The van der Waals surface area contributed by atoms with Crippen molar-refractivity contribution in [2.24, 2.45) is 0 Å². The highest BCUT2D eigenvalue weighted by atomic mass is 16.6. The minimum atomic E-state index is -0.484. The van der Waals surface area contributed by atoms with Crippen molar-refractivity contribution < 1.29 is 33.4 Å². The fourth-order valence-electron chi connectivity index (χ4n) is 4.50. The lowest BCUT2D eigenvalue weighted by Crippen LogP contribution is -2.42. The van der Waals surface area contributed by atoms with E-state index >= 15 is 0 Å². The lowest BCUT2D eigenvalue weighted by molar-refractivity contribution is -0.384. The molecule has 1 aliphatic rings. The Kier molecular flexibility index (Phi) is 7.66. The van der Waals surface area contributed by atoms with Crippen LogP contribution in [0, 0.1) is 10.1 Å². The highest BCUT2D eigenvalue weighted by Crippen LogP contribution is 2.40. The summed E-state index contributed by atoms with van der Waals surface area (Å²) >= 11 is 0. The Balaban J connectivity index is 1.72. The first-order chi connectivity index (χ1) is 17.9. The highest BCUT2D eigenvalue weighted by Gasteiger charge is 2.35. The molecule has 0 saturated carbocycles. The van der Waals surface area contributed by atoms with Gasteiger partial charge in [0.15, 0.2) is 23.0 Å². The minimum absolute atomic E-state index is 0.0332. The summed E-state index contributed by atoms with van der Waals surface area (Å²) in [4.78, 5) is 26.1. The van der Waals surface area contributed by atoms with Crippen molar-refractivity contribution in [2.75, 3.05) is 41.6 Å². The zero-order valence-electron chi connectivity index (χ0n) is 21.1. The van der Waals surface area contributed by atoms with Crippen LogP contribution in [0.1, 0.15) is 27.5 Å². The van der Waals surface area contributed by atoms with E-state index < -0.39 is 11.0 Å². The van der Waals surface area contributed by atoms with Gasteiger partial charge in [-0.05, 0) is 53.9 Å². The summed E-state index contributed by atoms with van der Waals surface area (Å²) in [5.41, 5.74) is 2.21. The van der Waals surface area contributed by atoms with Gasteiger partial charge in [-0.15, -0.1) is 0 Å². The number of hydrogen-bond acceptors (Lipinski definition) is 8. The number of para-hydroxylation sites is 1.